The summed E-state index contributed by atoms with van der Waals surface area (Å²) in [6, 6.07) is 13.9. The molecule has 1 aliphatic rings. The Balaban J connectivity index is 1.60. The summed E-state index contributed by atoms with van der Waals surface area (Å²) in [4.78, 5) is 61.8. The lowest BCUT2D eigenvalue weighted by Gasteiger charge is -2.24. The van der Waals surface area contributed by atoms with E-state index < -0.39 is 41.9 Å². The fourth-order valence-electron chi connectivity index (χ4n) is 4.50. The Kier molecular flexibility index (Phi) is 11.5. The van der Waals surface area contributed by atoms with E-state index in [4.69, 9.17) is 14.2 Å². The molecule has 0 aliphatic heterocycles. The van der Waals surface area contributed by atoms with Crippen molar-refractivity contribution in [3.05, 3.63) is 65.7 Å². The highest BCUT2D eigenvalue weighted by atomic mass is 16.5. The summed E-state index contributed by atoms with van der Waals surface area (Å²) in [5.41, 5.74) is 1.06. The highest BCUT2D eigenvalue weighted by Crippen LogP contribution is 2.27. The number of carbonyl (C=O) groups excluding carboxylic acids is 5. The summed E-state index contributed by atoms with van der Waals surface area (Å²) >= 11 is 0. The van der Waals surface area contributed by atoms with E-state index in [-0.39, 0.29) is 36.9 Å². The Hall–Kier alpha value is -4.41. The predicted molar refractivity (Wildman–Crippen MR) is 144 cm³/mol. The molecule has 214 valence electrons. The molecule has 2 aromatic carbocycles. The Morgan fingerprint density at radius 3 is 2.50 bits per heavy atom. The molecule has 0 aromatic heterocycles. The van der Waals surface area contributed by atoms with Crippen molar-refractivity contribution in [1.82, 2.24) is 16.0 Å². The number of hydrogen-bond donors (Lipinski definition) is 3. The van der Waals surface area contributed by atoms with E-state index >= 15 is 0 Å². The minimum Gasteiger partial charge on any atom is -0.469 e. The third-order valence-corrected chi connectivity index (χ3v) is 6.48. The van der Waals surface area contributed by atoms with Crippen molar-refractivity contribution in [3.8, 4) is 5.75 Å². The second-order valence-electron chi connectivity index (χ2n) is 9.45. The quantitative estimate of drug-likeness (QED) is 0.206. The Morgan fingerprint density at radius 2 is 1.77 bits per heavy atom. The molecule has 0 unspecified atom stereocenters. The SMILES string of the molecule is COC(=O)[C@@H]1CCC[C@@H]1NC(=O)[C@H](CCCNC(=O)OCc1ccccc1)NC(=O)c1cccc(OC(C)=O)c1. The van der Waals surface area contributed by atoms with Gasteiger partial charge in [-0.25, -0.2) is 4.79 Å². The topological polar surface area (TPSA) is 149 Å². The van der Waals surface area contributed by atoms with Gasteiger partial charge in [0.1, 0.15) is 18.4 Å². The van der Waals surface area contributed by atoms with Crippen LogP contribution in [0.1, 0.15) is 54.9 Å². The van der Waals surface area contributed by atoms with Gasteiger partial charge < -0.3 is 30.2 Å². The van der Waals surface area contributed by atoms with Crippen LogP contribution in [0.4, 0.5) is 4.79 Å². The van der Waals surface area contributed by atoms with Gasteiger partial charge in [0, 0.05) is 25.1 Å². The van der Waals surface area contributed by atoms with E-state index in [1.54, 1.807) is 6.07 Å². The number of methoxy groups -OCH3 is 1. The van der Waals surface area contributed by atoms with Crippen molar-refractivity contribution in [2.24, 2.45) is 5.92 Å². The zero-order valence-corrected chi connectivity index (χ0v) is 22.6. The van der Waals surface area contributed by atoms with Crippen LogP contribution in [0.15, 0.2) is 54.6 Å². The molecule has 3 rings (SSSR count). The molecule has 3 atom stereocenters. The molecule has 0 radical (unpaired) electrons. The second-order valence-corrected chi connectivity index (χ2v) is 9.45. The first-order valence-electron chi connectivity index (χ1n) is 13.2. The minimum absolute atomic E-state index is 0.128. The zero-order chi connectivity index (χ0) is 28.9. The average molecular weight is 554 g/mol. The van der Waals surface area contributed by atoms with E-state index in [0.29, 0.717) is 19.3 Å². The van der Waals surface area contributed by atoms with Crippen molar-refractivity contribution in [1.29, 1.82) is 0 Å². The van der Waals surface area contributed by atoms with Gasteiger partial charge in [-0.1, -0.05) is 42.8 Å². The van der Waals surface area contributed by atoms with Crippen LogP contribution >= 0.6 is 0 Å². The number of carbonyl (C=O) groups is 5. The summed E-state index contributed by atoms with van der Waals surface area (Å²) < 4.78 is 15.1. The molecule has 2 aromatic rings. The standard InChI is InChI=1S/C29H35N3O8/c1-19(33)40-22-12-6-11-21(17-22)26(34)32-25(27(35)31-24-14-7-13-23(24)28(36)38-2)15-8-16-30-29(37)39-18-20-9-4-3-5-10-20/h3-6,9-12,17,23-25H,7-8,13-16,18H2,1-2H3,(H,30,37)(H,31,35)(H,32,34)/t23-,24+,25+/m1/s1. The maximum atomic E-state index is 13.3. The molecule has 0 spiro atoms. The van der Waals surface area contributed by atoms with Gasteiger partial charge in [-0.2, -0.15) is 0 Å². The number of alkyl carbamates (subject to hydrolysis) is 1. The monoisotopic (exact) mass is 553 g/mol. The summed E-state index contributed by atoms with van der Waals surface area (Å²) in [6.45, 7) is 1.59. The lowest BCUT2D eigenvalue weighted by atomic mass is 10.0. The average Bonchev–Trinajstić information content (AvgIpc) is 3.41. The maximum Gasteiger partial charge on any atom is 0.407 e. The van der Waals surface area contributed by atoms with Gasteiger partial charge in [0.25, 0.3) is 5.91 Å². The number of ether oxygens (including phenoxy) is 3. The maximum absolute atomic E-state index is 13.3. The molecule has 1 aliphatic carbocycles. The first-order chi connectivity index (χ1) is 19.3. The summed E-state index contributed by atoms with van der Waals surface area (Å²) in [7, 11) is 1.31. The van der Waals surface area contributed by atoms with E-state index in [1.165, 1.54) is 32.2 Å². The fourth-order valence-corrected chi connectivity index (χ4v) is 4.50. The summed E-state index contributed by atoms with van der Waals surface area (Å²) in [5, 5.41) is 8.27. The molecule has 0 bridgehead atoms. The molecule has 11 nitrogen and oxygen atoms in total. The molecule has 11 heteroatoms. The Morgan fingerprint density at radius 1 is 1.00 bits per heavy atom. The van der Waals surface area contributed by atoms with Crippen molar-refractivity contribution < 1.29 is 38.2 Å². The van der Waals surface area contributed by atoms with Gasteiger partial charge in [-0.15, -0.1) is 0 Å². The molecule has 0 heterocycles. The molecule has 3 amide bonds. The molecular weight excluding hydrogens is 518 g/mol. The van der Waals surface area contributed by atoms with E-state index in [0.717, 1.165) is 12.0 Å². The lowest BCUT2D eigenvalue weighted by Crippen LogP contribution is -2.51. The van der Waals surface area contributed by atoms with E-state index in [1.807, 2.05) is 30.3 Å². The van der Waals surface area contributed by atoms with Crippen molar-refractivity contribution in [3.63, 3.8) is 0 Å². The molecule has 1 fully saturated rings. The first-order valence-corrected chi connectivity index (χ1v) is 13.2. The van der Waals surface area contributed by atoms with Crippen molar-refractivity contribution in [2.75, 3.05) is 13.7 Å². The van der Waals surface area contributed by atoms with Gasteiger partial charge in [0.15, 0.2) is 0 Å². The predicted octanol–water partition coefficient (Wildman–Crippen LogP) is 2.87. The fraction of sp³-hybridized carbons (Fsp3) is 0.414. The highest BCUT2D eigenvalue weighted by Gasteiger charge is 2.36. The molecular formula is C29H35N3O8. The summed E-state index contributed by atoms with van der Waals surface area (Å²) in [6.07, 6.45) is 1.95. The minimum atomic E-state index is -0.953. The van der Waals surface area contributed by atoms with Gasteiger partial charge in [0.05, 0.1) is 13.0 Å². The Labute approximate surface area is 232 Å². The summed E-state index contributed by atoms with van der Waals surface area (Å²) in [5.74, 6) is -2.15. The Bertz CT molecular complexity index is 1190. The van der Waals surface area contributed by atoms with Crippen LogP contribution in [0.2, 0.25) is 0 Å². The van der Waals surface area contributed by atoms with Crippen LogP contribution in [0.25, 0.3) is 0 Å². The van der Waals surface area contributed by atoms with Crippen LogP contribution in [0.3, 0.4) is 0 Å². The first kappa shape index (κ1) is 30.1. The van der Waals surface area contributed by atoms with Gasteiger partial charge in [0.2, 0.25) is 5.91 Å². The second kappa shape index (κ2) is 15.2. The van der Waals surface area contributed by atoms with Crippen LogP contribution in [-0.4, -0.2) is 55.6 Å². The number of esters is 2. The number of hydrogen-bond acceptors (Lipinski definition) is 8. The number of amides is 3. The number of nitrogens with one attached hydrogen (secondary N) is 3. The molecule has 3 N–H and O–H groups in total. The van der Waals surface area contributed by atoms with Gasteiger partial charge in [-0.05, 0) is 49.4 Å². The normalized spacial score (nSPS) is 16.8. The van der Waals surface area contributed by atoms with Crippen LogP contribution in [0, 0.1) is 5.92 Å². The number of rotatable bonds is 12. The van der Waals surface area contributed by atoms with E-state index in [9.17, 15) is 24.0 Å². The van der Waals surface area contributed by atoms with Gasteiger partial charge >= 0.3 is 18.0 Å². The highest BCUT2D eigenvalue weighted by molar-refractivity contribution is 5.98. The van der Waals surface area contributed by atoms with E-state index in [2.05, 4.69) is 16.0 Å². The van der Waals surface area contributed by atoms with Crippen LogP contribution in [-0.2, 0) is 30.5 Å². The van der Waals surface area contributed by atoms with Crippen molar-refractivity contribution >= 4 is 29.8 Å². The lowest BCUT2D eigenvalue weighted by molar-refractivity contribution is -0.146. The third-order valence-electron chi connectivity index (χ3n) is 6.48. The molecule has 40 heavy (non-hydrogen) atoms. The molecule has 1 saturated carbocycles. The largest absolute Gasteiger partial charge is 0.469 e. The zero-order valence-electron chi connectivity index (χ0n) is 22.6. The third kappa shape index (κ3) is 9.40. The molecule has 0 saturated heterocycles. The van der Waals surface area contributed by atoms with Crippen LogP contribution in [0.5, 0.6) is 5.75 Å². The van der Waals surface area contributed by atoms with Crippen LogP contribution < -0.4 is 20.7 Å². The van der Waals surface area contributed by atoms with Gasteiger partial charge in [-0.3, -0.25) is 19.2 Å². The van der Waals surface area contributed by atoms with Crippen molar-refractivity contribution in [2.45, 2.75) is 57.7 Å². The smallest absolute Gasteiger partial charge is 0.407 e. The number of benzene rings is 2.